The fourth-order valence-electron chi connectivity index (χ4n) is 10.2. The fourth-order valence-corrected chi connectivity index (χ4v) is 10.2. The van der Waals surface area contributed by atoms with E-state index < -0.39 is 148 Å². The second-order valence-corrected chi connectivity index (χ2v) is 21.5. The van der Waals surface area contributed by atoms with Crippen LogP contribution >= 0.6 is 0 Å². The summed E-state index contributed by atoms with van der Waals surface area (Å²) in [4.78, 5) is 38.3. The Bertz CT molecular complexity index is 1730. The number of rotatable bonds is 41. The van der Waals surface area contributed by atoms with Crippen LogP contribution in [0.25, 0.3) is 0 Å². The van der Waals surface area contributed by atoms with E-state index in [0.717, 1.165) is 77.6 Å². The van der Waals surface area contributed by atoms with Gasteiger partial charge in [0.1, 0.15) is 67.1 Å². The SMILES string of the molecule is CCCCC/C=C\C=C/CCCCCCCCC(=O)NC(COC1OC(CO)C(OC2OC(CO)C(O)C(OC3(C(=O)O)CC(O)C(NC(C)=O)C(C(O)C(O)CO)O3)C2O)C(O)C1O)C(O)CCCCCCCCCCCC. The quantitative estimate of drug-likeness (QED) is 0.0306. The monoisotopic (exact) mass is 1140 g/mol. The zero-order valence-electron chi connectivity index (χ0n) is 47.0. The Kier molecular flexibility index (Phi) is 34.7. The summed E-state index contributed by atoms with van der Waals surface area (Å²) in [6, 6.07) is -2.53. The van der Waals surface area contributed by atoms with Crippen LogP contribution in [0.3, 0.4) is 0 Å². The van der Waals surface area contributed by atoms with E-state index in [9.17, 15) is 75.7 Å². The van der Waals surface area contributed by atoms with E-state index in [4.69, 9.17) is 28.4 Å². The summed E-state index contributed by atoms with van der Waals surface area (Å²) >= 11 is 0. The molecule has 2 amide bonds. The van der Waals surface area contributed by atoms with Gasteiger partial charge in [-0.15, -0.1) is 0 Å². The van der Waals surface area contributed by atoms with Crippen LogP contribution in [0.5, 0.6) is 0 Å². The van der Waals surface area contributed by atoms with Gasteiger partial charge in [-0.25, -0.2) is 4.79 Å². The number of aliphatic carboxylic acids is 1. The van der Waals surface area contributed by atoms with Crippen LogP contribution in [0, 0.1) is 0 Å². The number of nitrogens with one attached hydrogen (secondary N) is 2. The number of carboxylic acid groups (broad SMARTS) is 1. The van der Waals surface area contributed by atoms with Crippen molar-refractivity contribution in [2.45, 2.75) is 285 Å². The van der Waals surface area contributed by atoms with Crippen molar-refractivity contribution in [1.82, 2.24) is 10.6 Å². The molecule has 0 aliphatic carbocycles. The van der Waals surface area contributed by atoms with E-state index in [2.05, 4.69) is 48.8 Å². The van der Waals surface area contributed by atoms with Gasteiger partial charge in [0, 0.05) is 19.8 Å². The van der Waals surface area contributed by atoms with Crippen molar-refractivity contribution in [3.05, 3.63) is 24.3 Å². The summed E-state index contributed by atoms with van der Waals surface area (Å²) in [5.74, 6) is -6.12. The second kappa shape index (κ2) is 38.9. The van der Waals surface area contributed by atoms with Gasteiger partial charge in [0.15, 0.2) is 12.6 Å². The molecule has 0 radical (unpaired) electrons. The molecule has 79 heavy (non-hydrogen) atoms. The summed E-state index contributed by atoms with van der Waals surface area (Å²) in [6.07, 6.45) is 2.26. The van der Waals surface area contributed by atoms with Crippen molar-refractivity contribution >= 4 is 17.8 Å². The lowest BCUT2D eigenvalue weighted by atomic mass is 9.88. The first-order valence-corrected chi connectivity index (χ1v) is 29.2. The molecule has 460 valence electrons. The highest BCUT2D eigenvalue weighted by Crippen LogP contribution is 2.38. The molecule has 0 spiro atoms. The molecule has 23 heteroatoms. The Balaban J connectivity index is 1.68. The molecule has 14 N–H and O–H groups in total. The van der Waals surface area contributed by atoms with Crippen molar-refractivity contribution < 1.29 is 104 Å². The van der Waals surface area contributed by atoms with Crippen LogP contribution in [0.2, 0.25) is 0 Å². The zero-order chi connectivity index (χ0) is 58.3. The normalized spacial score (nSPS) is 31.0. The number of carbonyl (C=O) groups excluding carboxylic acids is 2. The van der Waals surface area contributed by atoms with E-state index in [1.165, 1.54) is 51.4 Å². The summed E-state index contributed by atoms with van der Waals surface area (Å²) in [5, 5.41) is 135. The van der Waals surface area contributed by atoms with Crippen molar-refractivity contribution in [3.8, 4) is 0 Å². The maximum atomic E-state index is 13.3. The Morgan fingerprint density at radius 1 is 0.658 bits per heavy atom. The van der Waals surface area contributed by atoms with Gasteiger partial charge in [0.2, 0.25) is 11.8 Å². The second-order valence-electron chi connectivity index (χ2n) is 21.5. The number of hydrogen-bond acceptors (Lipinski definition) is 20. The average molecular weight is 1140 g/mol. The molecule has 0 aromatic carbocycles. The van der Waals surface area contributed by atoms with Crippen LogP contribution in [-0.2, 0) is 42.8 Å². The molecular weight excluding hydrogens is 1040 g/mol. The third-order valence-corrected chi connectivity index (χ3v) is 14.9. The van der Waals surface area contributed by atoms with Crippen LogP contribution in [-0.4, -0.2) is 215 Å². The highest BCUT2D eigenvalue weighted by Gasteiger charge is 2.60. The molecule has 3 heterocycles. The van der Waals surface area contributed by atoms with E-state index in [0.29, 0.717) is 19.3 Å². The lowest BCUT2D eigenvalue weighted by Crippen LogP contribution is -2.70. The van der Waals surface area contributed by atoms with Gasteiger partial charge in [0.25, 0.3) is 5.79 Å². The molecule has 0 aromatic heterocycles. The van der Waals surface area contributed by atoms with E-state index >= 15 is 0 Å². The van der Waals surface area contributed by atoms with Gasteiger partial charge in [0.05, 0.1) is 50.7 Å². The maximum absolute atomic E-state index is 13.3. The number of amides is 2. The molecule has 3 fully saturated rings. The van der Waals surface area contributed by atoms with Crippen LogP contribution in [0.1, 0.15) is 175 Å². The highest BCUT2D eigenvalue weighted by atomic mass is 16.8. The minimum atomic E-state index is -3.08. The Morgan fingerprint density at radius 2 is 1.20 bits per heavy atom. The largest absolute Gasteiger partial charge is 0.477 e. The highest BCUT2D eigenvalue weighted by molar-refractivity contribution is 5.77. The number of carboxylic acids is 1. The van der Waals surface area contributed by atoms with Crippen LogP contribution < -0.4 is 10.6 Å². The van der Waals surface area contributed by atoms with Crippen molar-refractivity contribution in [2.24, 2.45) is 0 Å². The number of ether oxygens (including phenoxy) is 6. The van der Waals surface area contributed by atoms with Crippen molar-refractivity contribution in [2.75, 3.05) is 26.4 Å². The average Bonchev–Trinajstić information content (AvgIpc) is 3.50. The molecule has 18 unspecified atom stereocenters. The van der Waals surface area contributed by atoms with E-state index in [1.807, 2.05) is 0 Å². The summed E-state index contributed by atoms with van der Waals surface area (Å²) < 4.78 is 34.6. The van der Waals surface area contributed by atoms with Crippen molar-refractivity contribution in [1.29, 1.82) is 0 Å². The first-order chi connectivity index (χ1) is 37.9. The Hall–Kier alpha value is -2.79. The molecule has 3 aliphatic heterocycles. The van der Waals surface area contributed by atoms with Crippen LogP contribution in [0.15, 0.2) is 24.3 Å². The Labute approximate surface area is 466 Å². The summed E-state index contributed by atoms with van der Waals surface area (Å²) in [6.45, 7) is 2.08. The smallest absolute Gasteiger partial charge is 0.364 e. The molecule has 3 aliphatic rings. The number of allylic oxidation sites excluding steroid dienone is 4. The molecule has 3 saturated heterocycles. The summed E-state index contributed by atoms with van der Waals surface area (Å²) in [5.41, 5.74) is 0. The molecule has 3 rings (SSSR count). The van der Waals surface area contributed by atoms with E-state index in [-0.39, 0.29) is 18.9 Å². The summed E-state index contributed by atoms with van der Waals surface area (Å²) in [7, 11) is 0. The minimum absolute atomic E-state index is 0.209. The molecule has 0 saturated carbocycles. The van der Waals surface area contributed by atoms with Crippen LogP contribution in [0.4, 0.5) is 0 Å². The van der Waals surface area contributed by atoms with Gasteiger partial charge >= 0.3 is 5.97 Å². The van der Waals surface area contributed by atoms with Gasteiger partial charge in [-0.1, -0.05) is 141 Å². The number of carbonyl (C=O) groups is 3. The third-order valence-electron chi connectivity index (χ3n) is 14.9. The topological polar surface area (TPSA) is 373 Å². The maximum Gasteiger partial charge on any atom is 0.364 e. The minimum Gasteiger partial charge on any atom is -0.477 e. The molecule has 23 nitrogen and oxygen atoms in total. The molecule has 0 bridgehead atoms. The standard InChI is InChI=1S/C56H100N2O21/c1-4-6-8-10-12-14-16-17-18-19-20-22-24-26-28-30-43(66)58-37(38(63)29-27-25-23-21-15-13-11-9-7-5-2)35-74-53-48(70)47(69)50(42(34-61)76-53)77-54-49(71)52(46(68)41(33-60)75-54)79-56(55(72)73)31-39(64)44(57-36(3)62)51(78-56)45(67)40(65)32-59/h12,14,16-17,37-42,44-54,59-61,63-65,67-71H,4-11,13,15,18-35H2,1-3H3,(H,57,62)(H,58,66)(H,72,73)/b14-12-,17-16-. The molecular formula is C56H100N2O21. The number of aliphatic hydroxyl groups is 11. The third kappa shape index (κ3) is 23.8. The predicted octanol–water partition coefficient (Wildman–Crippen LogP) is 1.77. The fraction of sp³-hybridized carbons (Fsp3) is 0.875. The number of unbranched alkanes of at least 4 members (excludes halogenated alkanes) is 18. The predicted molar refractivity (Wildman–Crippen MR) is 288 cm³/mol. The lowest BCUT2D eigenvalue weighted by Gasteiger charge is -2.50. The first kappa shape index (κ1) is 70.5. The number of hydrogen-bond donors (Lipinski definition) is 14. The van der Waals surface area contributed by atoms with E-state index in [1.54, 1.807) is 0 Å². The van der Waals surface area contributed by atoms with Gasteiger partial charge < -0.3 is 100 Å². The Morgan fingerprint density at radius 3 is 1.77 bits per heavy atom. The van der Waals surface area contributed by atoms with Gasteiger partial charge in [-0.3, -0.25) is 9.59 Å². The molecule has 18 atom stereocenters. The van der Waals surface area contributed by atoms with Gasteiger partial charge in [-0.05, 0) is 38.5 Å². The number of aliphatic hydroxyl groups excluding tert-OH is 11. The molecule has 0 aromatic rings. The lowest BCUT2D eigenvalue weighted by molar-refractivity contribution is -0.386. The first-order valence-electron chi connectivity index (χ1n) is 29.2. The zero-order valence-corrected chi connectivity index (χ0v) is 47.0. The van der Waals surface area contributed by atoms with Crippen molar-refractivity contribution in [3.63, 3.8) is 0 Å². The van der Waals surface area contributed by atoms with Gasteiger partial charge in [-0.2, -0.15) is 0 Å².